The van der Waals surface area contributed by atoms with Gasteiger partial charge in [0.2, 0.25) is 5.91 Å². The number of nitrogens with zero attached hydrogens (tertiary/aromatic N) is 1. The number of nitrogens with one attached hydrogen (secondary N) is 1. The van der Waals surface area contributed by atoms with Gasteiger partial charge in [0, 0.05) is 13.1 Å². The Hall–Kier alpha value is -2.75. The van der Waals surface area contributed by atoms with E-state index in [0.29, 0.717) is 0 Å². The van der Waals surface area contributed by atoms with Crippen LogP contribution >= 0.6 is 0 Å². The fourth-order valence-corrected chi connectivity index (χ4v) is 1.54. The van der Waals surface area contributed by atoms with E-state index in [1.807, 2.05) is 0 Å². The molecule has 0 fully saturated rings. The van der Waals surface area contributed by atoms with Crippen LogP contribution in [-0.4, -0.2) is 43.7 Å². The average Bonchev–Trinajstić information content (AvgIpc) is 2.47. The van der Waals surface area contributed by atoms with Crippen LogP contribution in [0.5, 0.6) is 5.75 Å². The highest BCUT2D eigenvalue weighted by Crippen LogP contribution is 2.25. The predicted molar refractivity (Wildman–Crippen MR) is 79.0 cm³/mol. The molecule has 0 spiro atoms. The molecule has 7 heteroatoms. The van der Waals surface area contributed by atoms with Crippen molar-refractivity contribution in [3.05, 3.63) is 24.0 Å². The van der Waals surface area contributed by atoms with Gasteiger partial charge >= 0.3 is 6.09 Å². The number of hydrogen-bond acceptors (Lipinski definition) is 4. The van der Waals surface area contributed by atoms with Crippen molar-refractivity contribution in [1.29, 1.82) is 0 Å². The van der Waals surface area contributed by atoms with Crippen LogP contribution in [0.15, 0.2) is 18.2 Å². The summed E-state index contributed by atoms with van der Waals surface area (Å²) in [5, 5.41) is 2.53. The number of carbonyl (C=O) groups is 2. The Kier molecular flexibility index (Phi) is 6.70. The van der Waals surface area contributed by atoms with Crippen LogP contribution in [0.25, 0.3) is 0 Å². The van der Waals surface area contributed by atoms with E-state index in [2.05, 4.69) is 11.2 Å². The molecule has 1 N–H and O–H groups in total. The zero-order valence-electron chi connectivity index (χ0n) is 12.4. The quantitative estimate of drug-likeness (QED) is 0.815. The van der Waals surface area contributed by atoms with Gasteiger partial charge in [-0.2, -0.15) is 0 Å². The SMILES string of the molecule is C#CCOc1cc(F)ccc1NC(=O)CN(C)C(=O)OCC. The Morgan fingerprint density at radius 2 is 2.18 bits per heavy atom. The van der Waals surface area contributed by atoms with Gasteiger partial charge in [0.15, 0.2) is 0 Å². The van der Waals surface area contributed by atoms with E-state index in [-0.39, 0.29) is 31.2 Å². The molecule has 2 amide bonds. The number of anilines is 1. The van der Waals surface area contributed by atoms with Gasteiger partial charge in [0.25, 0.3) is 0 Å². The molecule has 1 rings (SSSR count). The third-order valence-electron chi connectivity index (χ3n) is 2.49. The minimum Gasteiger partial charge on any atom is -0.479 e. The molecule has 0 atom stereocenters. The van der Waals surface area contributed by atoms with E-state index in [9.17, 15) is 14.0 Å². The van der Waals surface area contributed by atoms with Crippen LogP contribution in [0.2, 0.25) is 0 Å². The van der Waals surface area contributed by atoms with Crippen molar-refractivity contribution in [1.82, 2.24) is 4.90 Å². The number of amides is 2. The third kappa shape index (κ3) is 5.32. The van der Waals surface area contributed by atoms with E-state index < -0.39 is 17.8 Å². The first-order chi connectivity index (χ1) is 10.5. The molecule has 0 aliphatic heterocycles. The first kappa shape index (κ1) is 17.3. The Balaban J connectivity index is 2.71. The van der Waals surface area contributed by atoms with Crippen LogP contribution in [0, 0.1) is 18.2 Å². The number of terminal acetylenes is 1. The molecule has 0 heterocycles. The molecule has 0 unspecified atom stereocenters. The summed E-state index contributed by atoms with van der Waals surface area (Å²) >= 11 is 0. The van der Waals surface area contributed by atoms with Crippen molar-refractivity contribution >= 4 is 17.7 Å². The molecule has 0 aliphatic carbocycles. The zero-order valence-corrected chi connectivity index (χ0v) is 12.4. The van der Waals surface area contributed by atoms with Gasteiger partial charge in [-0.05, 0) is 19.1 Å². The van der Waals surface area contributed by atoms with E-state index >= 15 is 0 Å². The maximum Gasteiger partial charge on any atom is 0.409 e. The molecule has 1 aromatic carbocycles. The van der Waals surface area contributed by atoms with Crippen molar-refractivity contribution in [3.8, 4) is 18.1 Å². The Morgan fingerprint density at radius 1 is 1.45 bits per heavy atom. The predicted octanol–water partition coefficient (Wildman–Crippen LogP) is 1.86. The van der Waals surface area contributed by atoms with Crippen molar-refractivity contribution in [2.45, 2.75) is 6.92 Å². The molecule has 0 aliphatic rings. The van der Waals surface area contributed by atoms with E-state index in [0.717, 1.165) is 11.0 Å². The van der Waals surface area contributed by atoms with Gasteiger partial charge in [-0.25, -0.2) is 9.18 Å². The van der Waals surface area contributed by atoms with Crippen LogP contribution in [0.4, 0.5) is 14.9 Å². The topological polar surface area (TPSA) is 67.9 Å². The summed E-state index contributed by atoms with van der Waals surface area (Å²) in [6, 6.07) is 3.64. The number of carbonyl (C=O) groups excluding carboxylic acids is 2. The fourth-order valence-electron chi connectivity index (χ4n) is 1.54. The Bertz CT molecular complexity index is 583. The summed E-state index contributed by atoms with van der Waals surface area (Å²) in [7, 11) is 1.43. The molecule has 22 heavy (non-hydrogen) atoms. The molecule has 0 saturated heterocycles. The fraction of sp³-hybridized carbons (Fsp3) is 0.333. The second-order valence-electron chi connectivity index (χ2n) is 4.24. The maximum absolute atomic E-state index is 13.2. The van der Waals surface area contributed by atoms with Crippen molar-refractivity contribution in [2.24, 2.45) is 0 Å². The molecular formula is C15H17FN2O4. The van der Waals surface area contributed by atoms with Crippen molar-refractivity contribution in [2.75, 3.05) is 32.1 Å². The number of benzene rings is 1. The number of likely N-dealkylation sites (N-methyl/N-ethyl adjacent to an activating group) is 1. The lowest BCUT2D eigenvalue weighted by molar-refractivity contribution is -0.116. The minimum absolute atomic E-state index is 0.0605. The summed E-state index contributed by atoms with van der Waals surface area (Å²) in [5.41, 5.74) is 0.263. The summed E-state index contributed by atoms with van der Waals surface area (Å²) in [4.78, 5) is 24.4. The Labute approximate surface area is 128 Å². The second-order valence-corrected chi connectivity index (χ2v) is 4.24. The van der Waals surface area contributed by atoms with Gasteiger partial charge in [0.1, 0.15) is 24.7 Å². The lowest BCUT2D eigenvalue weighted by Crippen LogP contribution is -2.35. The minimum atomic E-state index is -0.611. The normalized spacial score (nSPS) is 9.55. The highest BCUT2D eigenvalue weighted by Gasteiger charge is 2.15. The molecule has 118 valence electrons. The summed E-state index contributed by atoms with van der Waals surface area (Å²) in [6.07, 6.45) is 4.47. The highest BCUT2D eigenvalue weighted by atomic mass is 19.1. The molecular weight excluding hydrogens is 291 g/mol. The van der Waals surface area contributed by atoms with Crippen LogP contribution < -0.4 is 10.1 Å². The van der Waals surface area contributed by atoms with E-state index in [4.69, 9.17) is 15.9 Å². The van der Waals surface area contributed by atoms with Gasteiger partial charge in [-0.1, -0.05) is 5.92 Å². The molecule has 6 nitrogen and oxygen atoms in total. The first-order valence-corrected chi connectivity index (χ1v) is 6.51. The standard InChI is InChI=1S/C15H17FN2O4/c1-4-8-22-13-9-11(16)6-7-12(13)17-14(19)10-18(3)15(20)21-5-2/h1,6-7,9H,5,8,10H2,2-3H3,(H,17,19). The highest BCUT2D eigenvalue weighted by molar-refractivity contribution is 5.95. The second kappa shape index (κ2) is 8.52. The molecule has 0 saturated carbocycles. The molecule has 0 aromatic heterocycles. The van der Waals surface area contributed by atoms with Gasteiger partial charge in [0.05, 0.1) is 12.3 Å². The number of halogens is 1. The monoisotopic (exact) mass is 308 g/mol. The zero-order chi connectivity index (χ0) is 16.5. The number of hydrogen-bond donors (Lipinski definition) is 1. The van der Waals surface area contributed by atoms with Crippen molar-refractivity contribution < 1.29 is 23.5 Å². The first-order valence-electron chi connectivity index (χ1n) is 6.51. The van der Waals surface area contributed by atoms with Gasteiger partial charge in [-0.3, -0.25) is 4.79 Å². The lowest BCUT2D eigenvalue weighted by Gasteiger charge is -2.17. The summed E-state index contributed by atoms with van der Waals surface area (Å²) < 4.78 is 23.1. The number of ether oxygens (including phenoxy) is 2. The van der Waals surface area contributed by atoms with Gasteiger partial charge < -0.3 is 19.7 Å². The molecule has 1 aromatic rings. The maximum atomic E-state index is 13.2. The summed E-state index contributed by atoms with van der Waals surface area (Å²) in [6.45, 7) is 1.60. The Morgan fingerprint density at radius 3 is 2.82 bits per heavy atom. The smallest absolute Gasteiger partial charge is 0.409 e. The molecule has 0 radical (unpaired) electrons. The lowest BCUT2D eigenvalue weighted by atomic mass is 10.2. The molecule has 0 bridgehead atoms. The number of rotatable bonds is 6. The van der Waals surface area contributed by atoms with Crippen molar-refractivity contribution in [3.63, 3.8) is 0 Å². The summed E-state index contributed by atoms with van der Waals surface area (Å²) in [5.74, 6) is 1.37. The van der Waals surface area contributed by atoms with Crippen LogP contribution in [0.1, 0.15) is 6.92 Å². The third-order valence-corrected chi connectivity index (χ3v) is 2.49. The largest absolute Gasteiger partial charge is 0.479 e. The van der Waals surface area contributed by atoms with E-state index in [1.165, 1.54) is 19.2 Å². The van der Waals surface area contributed by atoms with Crippen LogP contribution in [0.3, 0.4) is 0 Å². The van der Waals surface area contributed by atoms with Crippen LogP contribution in [-0.2, 0) is 9.53 Å². The average molecular weight is 308 g/mol. The van der Waals surface area contributed by atoms with E-state index in [1.54, 1.807) is 6.92 Å². The van der Waals surface area contributed by atoms with Gasteiger partial charge in [-0.15, -0.1) is 6.42 Å².